The Morgan fingerprint density at radius 2 is 2.29 bits per heavy atom. The van der Waals surface area contributed by atoms with Crippen LogP contribution in [0.15, 0.2) is 18.2 Å². The molecule has 1 saturated heterocycles. The molecule has 21 heavy (non-hydrogen) atoms. The predicted octanol–water partition coefficient (Wildman–Crippen LogP) is 1.05. The number of benzene rings is 1. The number of hydrogen-bond acceptors (Lipinski definition) is 3. The van der Waals surface area contributed by atoms with Gasteiger partial charge in [0.05, 0.1) is 5.54 Å². The number of nitrogens with one attached hydrogen (secondary N) is 2. The van der Waals surface area contributed by atoms with Crippen LogP contribution >= 0.6 is 0 Å². The van der Waals surface area contributed by atoms with Crippen LogP contribution < -0.4 is 10.6 Å². The lowest BCUT2D eigenvalue weighted by Crippen LogP contribution is -2.66. The summed E-state index contributed by atoms with van der Waals surface area (Å²) in [5.41, 5.74) is -0.240. The Morgan fingerprint density at radius 3 is 2.90 bits per heavy atom. The smallest absolute Gasteiger partial charge is 0.407 e. The number of hydrogen-bond donors (Lipinski definition) is 3. The van der Waals surface area contributed by atoms with E-state index in [1.165, 1.54) is 17.0 Å². The fourth-order valence-electron chi connectivity index (χ4n) is 2.79. The topological polar surface area (TPSA) is 64.6 Å². The second-order valence-electron chi connectivity index (χ2n) is 5.35. The second-order valence-corrected chi connectivity index (χ2v) is 5.35. The molecular weight excluding hydrogens is 280 g/mol. The molecule has 0 spiro atoms. The number of carbonyl (C=O) groups is 1. The van der Waals surface area contributed by atoms with E-state index in [-0.39, 0.29) is 13.0 Å². The van der Waals surface area contributed by atoms with Gasteiger partial charge < -0.3 is 20.6 Å². The molecule has 7 heteroatoms. The summed E-state index contributed by atoms with van der Waals surface area (Å²) in [7, 11) is 1.75. The number of likely N-dealkylation sites (N-methyl/N-ethyl adjacent to an activating group) is 1. The normalized spacial score (nSPS) is 22.3. The fraction of sp³-hybridized carbons (Fsp3) is 0.500. The molecule has 1 amide bonds. The third-order valence-corrected chi connectivity index (χ3v) is 3.70. The molecule has 0 bridgehead atoms. The highest BCUT2D eigenvalue weighted by atomic mass is 19.1. The summed E-state index contributed by atoms with van der Waals surface area (Å²) in [4.78, 5) is 12.5. The summed E-state index contributed by atoms with van der Waals surface area (Å²) in [5.74, 6) is -1.23. The van der Waals surface area contributed by atoms with Gasteiger partial charge in [-0.15, -0.1) is 0 Å². The molecular formula is C14H19F2N3O2. The SMILES string of the molecule is CNCC1(Cc2ccc(F)cc2F)CN(C(=O)O)CCN1. The maximum Gasteiger partial charge on any atom is 0.407 e. The Bertz CT molecular complexity index is 523. The van der Waals surface area contributed by atoms with Gasteiger partial charge in [-0.25, -0.2) is 13.6 Å². The van der Waals surface area contributed by atoms with Crippen molar-refractivity contribution < 1.29 is 18.7 Å². The Labute approximate surface area is 121 Å². The maximum absolute atomic E-state index is 13.9. The van der Waals surface area contributed by atoms with Gasteiger partial charge >= 0.3 is 6.09 Å². The van der Waals surface area contributed by atoms with Crippen molar-refractivity contribution in [2.24, 2.45) is 0 Å². The van der Waals surface area contributed by atoms with E-state index in [1.807, 2.05) is 0 Å². The Kier molecular flexibility index (Phi) is 4.74. The first-order chi connectivity index (χ1) is 9.96. The summed E-state index contributed by atoms with van der Waals surface area (Å²) < 4.78 is 26.8. The van der Waals surface area contributed by atoms with Crippen LogP contribution in [-0.2, 0) is 6.42 Å². The van der Waals surface area contributed by atoms with Crippen LogP contribution in [0.5, 0.6) is 0 Å². The van der Waals surface area contributed by atoms with E-state index in [0.29, 0.717) is 25.2 Å². The minimum absolute atomic E-state index is 0.250. The minimum atomic E-state index is -0.989. The zero-order valence-electron chi connectivity index (χ0n) is 11.8. The van der Waals surface area contributed by atoms with Crippen molar-refractivity contribution in [3.63, 3.8) is 0 Å². The molecule has 3 N–H and O–H groups in total. The van der Waals surface area contributed by atoms with Gasteiger partial charge in [-0.05, 0) is 25.1 Å². The minimum Gasteiger partial charge on any atom is -0.465 e. The van der Waals surface area contributed by atoms with Gasteiger partial charge in [-0.1, -0.05) is 6.07 Å². The van der Waals surface area contributed by atoms with E-state index >= 15 is 0 Å². The average Bonchev–Trinajstić information content (AvgIpc) is 2.42. The molecule has 0 aromatic heterocycles. The number of nitrogens with zero attached hydrogens (tertiary/aromatic N) is 1. The average molecular weight is 299 g/mol. The van der Waals surface area contributed by atoms with Crippen molar-refractivity contribution in [1.82, 2.24) is 15.5 Å². The lowest BCUT2D eigenvalue weighted by atomic mass is 9.88. The number of amides is 1. The molecule has 1 fully saturated rings. The van der Waals surface area contributed by atoms with Gasteiger partial charge in [-0.3, -0.25) is 0 Å². The van der Waals surface area contributed by atoms with Crippen LogP contribution in [0.1, 0.15) is 5.56 Å². The zero-order chi connectivity index (χ0) is 15.5. The van der Waals surface area contributed by atoms with E-state index < -0.39 is 23.3 Å². The number of halogens is 2. The van der Waals surface area contributed by atoms with Crippen LogP contribution in [-0.4, -0.2) is 54.9 Å². The van der Waals surface area contributed by atoms with Gasteiger partial charge in [0, 0.05) is 32.2 Å². The summed E-state index contributed by atoms with van der Waals surface area (Å²) in [6.07, 6.45) is -0.708. The van der Waals surface area contributed by atoms with Crippen LogP contribution in [0.3, 0.4) is 0 Å². The molecule has 1 aromatic rings. The van der Waals surface area contributed by atoms with Crippen molar-refractivity contribution in [2.45, 2.75) is 12.0 Å². The maximum atomic E-state index is 13.9. The van der Waals surface area contributed by atoms with Crippen molar-refractivity contribution in [2.75, 3.05) is 33.2 Å². The van der Waals surface area contributed by atoms with Crippen molar-refractivity contribution >= 4 is 6.09 Å². The Balaban J connectivity index is 2.23. The lowest BCUT2D eigenvalue weighted by molar-refractivity contribution is 0.102. The highest BCUT2D eigenvalue weighted by Gasteiger charge is 2.37. The third kappa shape index (κ3) is 3.68. The molecule has 0 aliphatic carbocycles. The third-order valence-electron chi connectivity index (χ3n) is 3.70. The highest BCUT2D eigenvalue weighted by Crippen LogP contribution is 2.21. The number of rotatable bonds is 4. The molecule has 5 nitrogen and oxygen atoms in total. The zero-order valence-corrected chi connectivity index (χ0v) is 11.8. The lowest BCUT2D eigenvalue weighted by Gasteiger charge is -2.43. The van der Waals surface area contributed by atoms with E-state index in [1.54, 1.807) is 7.05 Å². The first-order valence-electron chi connectivity index (χ1n) is 6.77. The van der Waals surface area contributed by atoms with Crippen molar-refractivity contribution in [1.29, 1.82) is 0 Å². The van der Waals surface area contributed by atoms with Gasteiger partial charge in [0.25, 0.3) is 0 Å². The molecule has 1 unspecified atom stereocenters. The van der Waals surface area contributed by atoms with Gasteiger partial charge in [0.15, 0.2) is 0 Å². The largest absolute Gasteiger partial charge is 0.465 e. The molecule has 0 saturated carbocycles. The molecule has 1 aliphatic heterocycles. The predicted molar refractivity (Wildman–Crippen MR) is 74.3 cm³/mol. The van der Waals surface area contributed by atoms with Gasteiger partial charge in [0.2, 0.25) is 0 Å². The second kappa shape index (κ2) is 6.36. The van der Waals surface area contributed by atoms with E-state index in [0.717, 1.165) is 6.07 Å². The molecule has 1 aliphatic rings. The standard InChI is InChI=1S/C14H19F2N3O2/c1-17-8-14(9-19(13(20)21)5-4-18-14)7-10-2-3-11(15)6-12(10)16/h2-3,6,17-18H,4-5,7-9H2,1H3,(H,20,21). The van der Waals surface area contributed by atoms with E-state index in [4.69, 9.17) is 5.11 Å². The van der Waals surface area contributed by atoms with Crippen LogP contribution in [0.4, 0.5) is 13.6 Å². The van der Waals surface area contributed by atoms with Crippen LogP contribution in [0, 0.1) is 11.6 Å². The molecule has 116 valence electrons. The summed E-state index contributed by atoms with van der Waals surface area (Å²) >= 11 is 0. The highest BCUT2D eigenvalue weighted by molar-refractivity contribution is 5.65. The number of carboxylic acid groups (broad SMARTS) is 1. The monoisotopic (exact) mass is 299 g/mol. The van der Waals surface area contributed by atoms with E-state index in [2.05, 4.69) is 10.6 Å². The molecule has 1 atom stereocenters. The molecule has 2 rings (SSSR count). The van der Waals surface area contributed by atoms with Crippen LogP contribution in [0.25, 0.3) is 0 Å². The fourth-order valence-corrected chi connectivity index (χ4v) is 2.79. The summed E-state index contributed by atoms with van der Waals surface area (Å²) in [6, 6.07) is 3.47. The van der Waals surface area contributed by atoms with Crippen molar-refractivity contribution in [3.05, 3.63) is 35.4 Å². The molecule has 1 aromatic carbocycles. The quantitative estimate of drug-likeness (QED) is 0.777. The molecule has 0 radical (unpaired) electrons. The van der Waals surface area contributed by atoms with Gasteiger partial charge in [0.1, 0.15) is 11.6 Å². The first kappa shape index (κ1) is 15.7. The number of piperazine rings is 1. The Morgan fingerprint density at radius 1 is 1.52 bits per heavy atom. The van der Waals surface area contributed by atoms with Crippen LogP contribution in [0.2, 0.25) is 0 Å². The van der Waals surface area contributed by atoms with E-state index in [9.17, 15) is 13.6 Å². The van der Waals surface area contributed by atoms with Crippen molar-refractivity contribution in [3.8, 4) is 0 Å². The van der Waals surface area contributed by atoms with Gasteiger partial charge in [-0.2, -0.15) is 0 Å². The Hall–Kier alpha value is -1.73. The molecule has 1 heterocycles. The summed E-state index contributed by atoms with van der Waals surface area (Å²) in [5, 5.41) is 15.4. The first-order valence-corrected chi connectivity index (χ1v) is 6.77. The summed E-state index contributed by atoms with van der Waals surface area (Å²) in [6.45, 7) is 1.62.